The zero-order chi connectivity index (χ0) is 15.1. The van der Waals surface area contributed by atoms with E-state index >= 15 is 0 Å². The van der Waals surface area contributed by atoms with Gasteiger partial charge in [-0.2, -0.15) is 0 Å². The summed E-state index contributed by atoms with van der Waals surface area (Å²) in [5.74, 6) is 0.665. The molecular weight excluding hydrogens is 250 g/mol. The molecule has 0 fully saturated rings. The van der Waals surface area contributed by atoms with Crippen LogP contribution in [0, 0.1) is 5.92 Å². The summed E-state index contributed by atoms with van der Waals surface area (Å²) in [6.07, 6.45) is 0.445. The van der Waals surface area contributed by atoms with Crippen molar-refractivity contribution >= 4 is 11.6 Å². The average molecular weight is 277 g/mol. The van der Waals surface area contributed by atoms with Crippen LogP contribution in [-0.4, -0.2) is 49.4 Å². The Hall–Kier alpha value is -1.55. The van der Waals surface area contributed by atoms with Gasteiger partial charge in [0.25, 0.3) is 0 Å². The van der Waals surface area contributed by atoms with Gasteiger partial charge >= 0.3 is 0 Å². The number of hydrogen-bond acceptors (Lipinski definition) is 3. The minimum atomic E-state index is 0.185. The molecule has 0 saturated heterocycles. The van der Waals surface area contributed by atoms with E-state index < -0.39 is 0 Å². The molecule has 1 aromatic rings. The molecule has 0 bridgehead atoms. The van der Waals surface area contributed by atoms with Gasteiger partial charge in [-0.1, -0.05) is 26.0 Å². The monoisotopic (exact) mass is 277 g/mol. The average Bonchev–Trinajstić information content (AvgIpc) is 2.36. The molecule has 1 rings (SSSR count). The fourth-order valence-corrected chi connectivity index (χ4v) is 2.00. The maximum atomic E-state index is 12.4. The van der Waals surface area contributed by atoms with Gasteiger partial charge in [0.2, 0.25) is 5.91 Å². The zero-order valence-corrected chi connectivity index (χ0v) is 13.1. The number of rotatable bonds is 7. The van der Waals surface area contributed by atoms with Crippen molar-refractivity contribution in [3.05, 3.63) is 29.8 Å². The number of nitrogens with two attached hydrogens (primary N) is 1. The molecule has 4 heteroatoms. The Labute approximate surface area is 122 Å². The highest BCUT2D eigenvalue weighted by molar-refractivity contribution is 5.78. The van der Waals surface area contributed by atoms with Crippen LogP contribution in [0.4, 0.5) is 5.69 Å². The van der Waals surface area contributed by atoms with Gasteiger partial charge in [-0.15, -0.1) is 0 Å². The smallest absolute Gasteiger partial charge is 0.227 e. The first-order valence-corrected chi connectivity index (χ1v) is 7.15. The number of nitrogens with zero attached hydrogens (tertiary/aromatic N) is 2. The SMILES string of the molecule is CC(C)CN(CCN(C)C)C(=O)Cc1ccc(N)cc1. The Balaban J connectivity index is 2.64. The van der Waals surface area contributed by atoms with Crippen molar-refractivity contribution in [2.24, 2.45) is 5.92 Å². The molecule has 2 N–H and O–H groups in total. The summed E-state index contributed by atoms with van der Waals surface area (Å²) in [5.41, 5.74) is 7.41. The standard InChI is InChI=1S/C16H27N3O/c1-13(2)12-19(10-9-18(3)4)16(20)11-14-5-7-15(17)8-6-14/h5-8,13H,9-12,17H2,1-4H3. The lowest BCUT2D eigenvalue weighted by Gasteiger charge is -2.26. The van der Waals surface area contributed by atoms with Gasteiger partial charge < -0.3 is 15.5 Å². The quantitative estimate of drug-likeness (QED) is 0.774. The van der Waals surface area contributed by atoms with Gasteiger partial charge in [0.15, 0.2) is 0 Å². The number of benzene rings is 1. The number of hydrogen-bond donors (Lipinski definition) is 1. The van der Waals surface area contributed by atoms with E-state index in [9.17, 15) is 4.79 Å². The van der Waals surface area contributed by atoms with E-state index in [-0.39, 0.29) is 5.91 Å². The van der Waals surface area contributed by atoms with Gasteiger partial charge in [-0.3, -0.25) is 4.79 Å². The van der Waals surface area contributed by atoms with Crippen molar-refractivity contribution in [1.82, 2.24) is 9.80 Å². The molecule has 0 aliphatic carbocycles. The van der Waals surface area contributed by atoms with E-state index in [1.165, 1.54) is 0 Å². The highest BCUT2D eigenvalue weighted by Crippen LogP contribution is 2.09. The topological polar surface area (TPSA) is 49.6 Å². The molecule has 0 aliphatic heterocycles. The third-order valence-electron chi connectivity index (χ3n) is 3.09. The van der Waals surface area contributed by atoms with Crippen LogP contribution in [-0.2, 0) is 11.2 Å². The molecule has 0 unspecified atom stereocenters. The second kappa shape index (κ2) is 7.90. The Morgan fingerprint density at radius 2 is 1.75 bits per heavy atom. The van der Waals surface area contributed by atoms with Crippen molar-refractivity contribution in [3.63, 3.8) is 0 Å². The zero-order valence-electron chi connectivity index (χ0n) is 13.1. The predicted octanol–water partition coefficient (Wildman–Crippen LogP) is 1.86. The summed E-state index contributed by atoms with van der Waals surface area (Å²) in [5, 5.41) is 0. The van der Waals surface area contributed by atoms with Crippen LogP contribution in [0.2, 0.25) is 0 Å². The van der Waals surface area contributed by atoms with Gasteiger partial charge in [-0.25, -0.2) is 0 Å². The van der Waals surface area contributed by atoms with Crippen LogP contribution in [0.5, 0.6) is 0 Å². The molecule has 0 aliphatic rings. The summed E-state index contributed by atoms with van der Waals surface area (Å²) in [6, 6.07) is 7.53. The first-order chi connectivity index (χ1) is 9.38. The second-order valence-electron chi connectivity index (χ2n) is 5.96. The van der Waals surface area contributed by atoms with Crippen LogP contribution < -0.4 is 5.73 Å². The van der Waals surface area contributed by atoms with Crippen molar-refractivity contribution in [1.29, 1.82) is 0 Å². The largest absolute Gasteiger partial charge is 0.399 e. The molecule has 4 nitrogen and oxygen atoms in total. The normalized spacial score (nSPS) is 11.1. The molecular formula is C16H27N3O. The molecule has 0 radical (unpaired) electrons. The minimum absolute atomic E-state index is 0.185. The first kappa shape index (κ1) is 16.5. The molecule has 112 valence electrons. The summed E-state index contributed by atoms with van der Waals surface area (Å²) >= 11 is 0. The van der Waals surface area contributed by atoms with E-state index in [1.54, 1.807) is 0 Å². The van der Waals surface area contributed by atoms with E-state index in [2.05, 4.69) is 18.7 Å². The molecule has 0 atom stereocenters. The molecule has 20 heavy (non-hydrogen) atoms. The molecule has 1 aromatic carbocycles. The fourth-order valence-electron chi connectivity index (χ4n) is 2.00. The number of carbonyl (C=O) groups excluding carboxylic acids is 1. The van der Waals surface area contributed by atoms with Crippen LogP contribution in [0.15, 0.2) is 24.3 Å². The lowest BCUT2D eigenvalue weighted by molar-refractivity contribution is -0.131. The van der Waals surface area contributed by atoms with Crippen LogP contribution >= 0.6 is 0 Å². The highest BCUT2D eigenvalue weighted by Gasteiger charge is 2.15. The van der Waals surface area contributed by atoms with E-state index in [0.29, 0.717) is 12.3 Å². The van der Waals surface area contributed by atoms with E-state index in [0.717, 1.165) is 30.9 Å². The lowest BCUT2D eigenvalue weighted by Crippen LogP contribution is -2.39. The Morgan fingerprint density at radius 3 is 2.25 bits per heavy atom. The van der Waals surface area contributed by atoms with Crippen LogP contribution in [0.25, 0.3) is 0 Å². The summed E-state index contributed by atoms with van der Waals surface area (Å²) in [6.45, 7) is 6.75. The van der Waals surface area contributed by atoms with Crippen LogP contribution in [0.3, 0.4) is 0 Å². The Bertz CT molecular complexity index is 412. The summed E-state index contributed by atoms with van der Waals surface area (Å²) in [7, 11) is 4.05. The molecule has 0 aromatic heterocycles. The van der Waals surface area contributed by atoms with Crippen molar-refractivity contribution in [3.8, 4) is 0 Å². The third kappa shape index (κ3) is 6.06. The van der Waals surface area contributed by atoms with E-state index in [1.807, 2.05) is 43.3 Å². The van der Waals surface area contributed by atoms with Gasteiger partial charge in [0.1, 0.15) is 0 Å². The van der Waals surface area contributed by atoms with Gasteiger partial charge in [0.05, 0.1) is 6.42 Å². The number of amides is 1. The van der Waals surface area contributed by atoms with Crippen LogP contribution in [0.1, 0.15) is 19.4 Å². The number of likely N-dealkylation sites (N-methyl/N-ethyl adjacent to an activating group) is 1. The summed E-state index contributed by atoms with van der Waals surface area (Å²) < 4.78 is 0. The molecule has 0 spiro atoms. The first-order valence-electron chi connectivity index (χ1n) is 7.15. The number of carbonyl (C=O) groups is 1. The molecule has 1 amide bonds. The lowest BCUT2D eigenvalue weighted by atomic mass is 10.1. The minimum Gasteiger partial charge on any atom is -0.399 e. The molecule has 0 heterocycles. The second-order valence-corrected chi connectivity index (χ2v) is 5.96. The molecule has 0 saturated carbocycles. The Kier molecular flexibility index (Phi) is 6.52. The van der Waals surface area contributed by atoms with E-state index in [4.69, 9.17) is 5.73 Å². The number of nitrogen functional groups attached to an aromatic ring is 1. The Morgan fingerprint density at radius 1 is 1.15 bits per heavy atom. The fraction of sp³-hybridized carbons (Fsp3) is 0.562. The third-order valence-corrected chi connectivity index (χ3v) is 3.09. The number of anilines is 1. The van der Waals surface area contributed by atoms with Gasteiger partial charge in [-0.05, 0) is 37.7 Å². The van der Waals surface area contributed by atoms with Crippen molar-refractivity contribution in [2.75, 3.05) is 39.5 Å². The van der Waals surface area contributed by atoms with Crippen molar-refractivity contribution in [2.45, 2.75) is 20.3 Å². The predicted molar refractivity (Wildman–Crippen MR) is 84.5 cm³/mol. The highest BCUT2D eigenvalue weighted by atomic mass is 16.2. The maximum absolute atomic E-state index is 12.4. The maximum Gasteiger partial charge on any atom is 0.227 e. The summed E-state index contributed by atoms with van der Waals surface area (Å²) in [4.78, 5) is 16.5. The van der Waals surface area contributed by atoms with Crippen molar-refractivity contribution < 1.29 is 4.79 Å². The van der Waals surface area contributed by atoms with Gasteiger partial charge in [0, 0.05) is 25.3 Å².